The Labute approximate surface area is 96.5 Å². The fraction of sp³-hybridized carbons (Fsp3) is 0.250. The molecule has 0 bridgehead atoms. The minimum Gasteiger partial charge on any atom is -0.439 e. The second-order valence-electron chi connectivity index (χ2n) is 3.81. The van der Waals surface area contributed by atoms with Crippen LogP contribution in [0, 0.1) is 0 Å². The Hall–Kier alpha value is -1.09. The van der Waals surface area contributed by atoms with Crippen molar-refractivity contribution in [1.82, 2.24) is 4.98 Å². The second-order valence-corrected chi connectivity index (χ2v) is 4.56. The summed E-state index contributed by atoms with van der Waals surface area (Å²) < 4.78 is 6.58. The van der Waals surface area contributed by atoms with Gasteiger partial charge in [0.05, 0.1) is 0 Å². The fourth-order valence-corrected chi connectivity index (χ4v) is 2.07. The first-order valence-corrected chi connectivity index (χ1v) is 5.85. The highest BCUT2D eigenvalue weighted by Crippen LogP contribution is 2.42. The topological polar surface area (TPSA) is 26.0 Å². The first kappa shape index (κ1) is 9.16. The standard InChI is InChI=1S/C12H10BrNO/c13-11-10(8-4-2-1-3-5-8)15-12(14-11)9-6-7-9/h1-5,9H,6-7H2. The molecule has 0 spiro atoms. The lowest BCUT2D eigenvalue weighted by atomic mass is 10.2. The van der Waals surface area contributed by atoms with Crippen molar-refractivity contribution in [3.05, 3.63) is 40.8 Å². The predicted octanol–water partition coefficient (Wildman–Crippen LogP) is 3.98. The van der Waals surface area contributed by atoms with E-state index in [1.807, 2.05) is 30.3 Å². The Morgan fingerprint density at radius 1 is 1.20 bits per heavy atom. The molecule has 0 saturated heterocycles. The lowest BCUT2D eigenvalue weighted by Gasteiger charge is -1.95. The zero-order valence-electron chi connectivity index (χ0n) is 8.11. The molecule has 76 valence electrons. The lowest BCUT2D eigenvalue weighted by molar-refractivity contribution is 0.509. The SMILES string of the molecule is Brc1nc(C2CC2)oc1-c1ccccc1. The van der Waals surface area contributed by atoms with Crippen molar-refractivity contribution in [1.29, 1.82) is 0 Å². The van der Waals surface area contributed by atoms with Gasteiger partial charge in [0.1, 0.15) is 0 Å². The molecule has 1 heterocycles. The van der Waals surface area contributed by atoms with Gasteiger partial charge >= 0.3 is 0 Å². The largest absolute Gasteiger partial charge is 0.439 e. The third kappa shape index (κ3) is 1.72. The first-order chi connectivity index (χ1) is 7.34. The van der Waals surface area contributed by atoms with Crippen molar-refractivity contribution in [2.75, 3.05) is 0 Å². The van der Waals surface area contributed by atoms with Crippen LogP contribution in [0.5, 0.6) is 0 Å². The third-order valence-corrected chi connectivity index (χ3v) is 3.10. The molecule has 0 unspecified atom stereocenters. The van der Waals surface area contributed by atoms with Crippen LogP contribution in [0.3, 0.4) is 0 Å². The monoisotopic (exact) mass is 263 g/mol. The summed E-state index contributed by atoms with van der Waals surface area (Å²) in [5.41, 5.74) is 1.07. The van der Waals surface area contributed by atoms with Crippen LogP contribution in [0.25, 0.3) is 11.3 Å². The van der Waals surface area contributed by atoms with Crippen molar-refractivity contribution in [2.45, 2.75) is 18.8 Å². The highest BCUT2D eigenvalue weighted by atomic mass is 79.9. The molecule has 1 saturated carbocycles. The van der Waals surface area contributed by atoms with E-state index in [4.69, 9.17) is 4.42 Å². The normalized spacial score (nSPS) is 15.5. The molecule has 1 aromatic heterocycles. The van der Waals surface area contributed by atoms with Gasteiger partial charge in [-0.1, -0.05) is 30.3 Å². The Morgan fingerprint density at radius 2 is 1.93 bits per heavy atom. The summed E-state index contributed by atoms with van der Waals surface area (Å²) >= 11 is 3.45. The molecule has 1 fully saturated rings. The molecule has 3 heteroatoms. The van der Waals surface area contributed by atoms with Gasteiger partial charge < -0.3 is 4.42 Å². The van der Waals surface area contributed by atoms with Crippen LogP contribution in [-0.4, -0.2) is 4.98 Å². The molecular weight excluding hydrogens is 254 g/mol. The van der Waals surface area contributed by atoms with E-state index in [1.54, 1.807) is 0 Å². The lowest BCUT2D eigenvalue weighted by Crippen LogP contribution is -1.74. The Kier molecular flexibility index (Phi) is 2.13. The van der Waals surface area contributed by atoms with Gasteiger partial charge in [0.25, 0.3) is 0 Å². The van der Waals surface area contributed by atoms with Crippen molar-refractivity contribution in [3.8, 4) is 11.3 Å². The number of halogens is 1. The second kappa shape index (κ2) is 3.49. The van der Waals surface area contributed by atoms with E-state index >= 15 is 0 Å². The van der Waals surface area contributed by atoms with Gasteiger partial charge in [-0.25, -0.2) is 4.98 Å². The van der Waals surface area contributed by atoms with Gasteiger partial charge in [-0.05, 0) is 28.8 Å². The quantitative estimate of drug-likeness (QED) is 0.819. The van der Waals surface area contributed by atoms with Gasteiger partial charge in [0, 0.05) is 11.5 Å². The molecular formula is C12H10BrNO. The average molecular weight is 264 g/mol. The van der Waals surface area contributed by atoms with Gasteiger partial charge in [0.15, 0.2) is 16.3 Å². The number of benzene rings is 1. The number of hydrogen-bond acceptors (Lipinski definition) is 2. The molecule has 0 N–H and O–H groups in total. The molecule has 1 aliphatic carbocycles. The molecule has 3 rings (SSSR count). The Balaban J connectivity index is 2.04. The van der Waals surface area contributed by atoms with Crippen LogP contribution in [-0.2, 0) is 0 Å². The van der Waals surface area contributed by atoms with Crippen molar-refractivity contribution < 1.29 is 4.42 Å². The van der Waals surface area contributed by atoms with Crippen LogP contribution in [0.15, 0.2) is 39.4 Å². The summed E-state index contributed by atoms with van der Waals surface area (Å²) in [5, 5.41) is 0. The molecule has 0 radical (unpaired) electrons. The van der Waals surface area contributed by atoms with Crippen LogP contribution < -0.4 is 0 Å². The van der Waals surface area contributed by atoms with Gasteiger partial charge in [0.2, 0.25) is 0 Å². The minimum absolute atomic E-state index is 0.554. The van der Waals surface area contributed by atoms with Gasteiger partial charge in [-0.15, -0.1) is 0 Å². The summed E-state index contributed by atoms with van der Waals surface area (Å²) in [6, 6.07) is 10.1. The molecule has 1 aliphatic rings. The van der Waals surface area contributed by atoms with E-state index in [0.717, 1.165) is 21.8 Å². The molecule has 1 aromatic carbocycles. The van der Waals surface area contributed by atoms with Crippen LogP contribution in [0.2, 0.25) is 0 Å². The summed E-state index contributed by atoms with van der Waals surface area (Å²) in [6.07, 6.45) is 2.42. The Morgan fingerprint density at radius 3 is 2.60 bits per heavy atom. The number of hydrogen-bond donors (Lipinski definition) is 0. The van der Waals surface area contributed by atoms with E-state index in [1.165, 1.54) is 12.8 Å². The fourth-order valence-electron chi connectivity index (χ4n) is 1.59. The number of nitrogens with zero attached hydrogens (tertiary/aromatic N) is 1. The summed E-state index contributed by atoms with van der Waals surface area (Å²) in [4.78, 5) is 4.40. The highest BCUT2D eigenvalue weighted by Gasteiger charge is 2.30. The molecule has 2 aromatic rings. The molecule has 2 nitrogen and oxygen atoms in total. The zero-order valence-corrected chi connectivity index (χ0v) is 9.70. The van der Waals surface area contributed by atoms with E-state index in [2.05, 4.69) is 20.9 Å². The van der Waals surface area contributed by atoms with E-state index in [9.17, 15) is 0 Å². The Bertz CT molecular complexity index is 474. The van der Waals surface area contributed by atoms with E-state index < -0.39 is 0 Å². The molecule has 0 aliphatic heterocycles. The summed E-state index contributed by atoms with van der Waals surface area (Å²) in [7, 11) is 0. The molecule has 15 heavy (non-hydrogen) atoms. The molecule has 0 atom stereocenters. The zero-order chi connectivity index (χ0) is 10.3. The van der Waals surface area contributed by atoms with E-state index in [-0.39, 0.29) is 0 Å². The van der Waals surface area contributed by atoms with Crippen molar-refractivity contribution in [3.63, 3.8) is 0 Å². The van der Waals surface area contributed by atoms with Gasteiger partial charge in [-0.2, -0.15) is 0 Å². The smallest absolute Gasteiger partial charge is 0.199 e. The minimum atomic E-state index is 0.554. The molecule has 0 amide bonds. The van der Waals surface area contributed by atoms with Crippen molar-refractivity contribution in [2.24, 2.45) is 0 Å². The van der Waals surface area contributed by atoms with Gasteiger partial charge in [-0.3, -0.25) is 0 Å². The third-order valence-electron chi connectivity index (χ3n) is 2.56. The highest BCUT2D eigenvalue weighted by molar-refractivity contribution is 9.10. The first-order valence-electron chi connectivity index (χ1n) is 5.06. The van der Waals surface area contributed by atoms with Crippen molar-refractivity contribution >= 4 is 15.9 Å². The van der Waals surface area contributed by atoms with E-state index in [0.29, 0.717) is 5.92 Å². The number of oxazole rings is 1. The van der Waals surface area contributed by atoms with Crippen LogP contribution in [0.1, 0.15) is 24.7 Å². The van der Waals surface area contributed by atoms with Crippen LogP contribution in [0.4, 0.5) is 0 Å². The average Bonchev–Trinajstić information content (AvgIpc) is 3.04. The maximum Gasteiger partial charge on any atom is 0.199 e. The number of aromatic nitrogens is 1. The maximum absolute atomic E-state index is 5.77. The maximum atomic E-state index is 5.77. The van der Waals surface area contributed by atoms with Crippen LogP contribution >= 0.6 is 15.9 Å². The number of rotatable bonds is 2. The summed E-state index contributed by atoms with van der Waals surface area (Å²) in [5.74, 6) is 2.27. The predicted molar refractivity (Wildman–Crippen MR) is 61.6 cm³/mol. The summed E-state index contributed by atoms with van der Waals surface area (Å²) in [6.45, 7) is 0.